The van der Waals surface area contributed by atoms with E-state index in [2.05, 4.69) is 0 Å². The summed E-state index contributed by atoms with van der Waals surface area (Å²) in [5.41, 5.74) is 0. The number of amides is 1. The zero-order valence-corrected chi connectivity index (χ0v) is 11.5. The van der Waals surface area contributed by atoms with Crippen molar-refractivity contribution in [1.82, 2.24) is 9.21 Å². The Morgan fingerprint density at radius 3 is 2.28 bits per heavy atom. The monoisotopic (exact) mass is 278 g/mol. The van der Waals surface area contributed by atoms with E-state index in [0.29, 0.717) is 6.54 Å². The molecule has 104 valence electrons. The average molecular weight is 278 g/mol. The van der Waals surface area contributed by atoms with Crippen molar-refractivity contribution in [2.45, 2.75) is 32.4 Å². The van der Waals surface area contributed by atoms with Gasteiger partial charge in [-0.25, -0.2) is 8.42 Å². The van der Waals surface area contributed by atoms with E-state index in [1.54, 1.807) is 6.92 Å². The second-order valence-corrected chi connectivity index (χ2v) is 6.43. The van der Waals surface area contributed by atoms with Crippen molar-refractivity contribution in [1.29, 1.82) is 0 Å². The van der Waals surface area contributed by atoms with Gasteiger partial charge in [-0.1, -0.05) is 0 Å². The zero-order chi connectivity index (χ0) is 14.1. The van der Waals surface area contributed by atoms with Crippen molar-refractivity contribution in [3.8, 4) is 0 Å². The molecule has 1 aliphatic heterocycles. The quantitative estimate of drug-likeness (QED) is 0.739. The topological polar surface area (TPSA) is 95.0 Å². The van der Waals surface area contributed by atoms with Gasteiger partial charge in [0.05, 0.1) is 18.7 Å². The maximum absolute atomic E-state index is 11.6. The molecule has 1 fully saturated rings. The lowest BCUT2D eigenvalue weighted by Gasteiger charge is -2.44. The fourth-order valence-corrected chi connectivity index (χ4v) is 3.49. The third-order valence-electron chi connectivity index (χ3n) is 3.19. The van der Waals surface area contributed by atoms with Gasteiger partial charge in [0.1, 0.15) is 0 Å². The van der Waals surface area contributed by atoms with Crippen LogP contribution in [-0.4, -0.2) is 66.0 Å². The van der Waals surface area contributed by atoms with Gasteiger partial charge in [-0.3, -0.25) is 9.59 Å². The highest BCUT2D eigenvalue weighted by atomic mass is 32.2. The molecule has 0 aromatic heterocycles. The van der Waals surface area contributed by atoms with E-state index >= 15 is 0 Å². The molecule has 0 aromatic carbocycles. The zero-order valence-electron chi connectivity index (χ0n) is 10.7. The summed E-state index contributed by atoms with van der Waals surface area (Å²) in [7, 11) is -3.47. The van der Waals surface area contributed by atoms with Crippen molar-refractivity contribution >= 4 is 21.9 Å². The fraction of sp³-hybridized carbons (Fsp3) is 0.800. The Balaban J connectivity index is 3.03. The van der Waals surface area contributed by atoms with Crippen LogP contribution in [0.25, 0.3) is 0 Å². The molecule has 1 N–H and O–H groups in total. The molecule has 18 heavy (non-hydrogen) atoms. The minimum absolute atomic E-state index is 0.140. The minimum Gasteiger partial charge on any atom is -0.481 e. The number of sulfonamides is 1. The first-order chi connectivity index (χ1) is 8.14. The van der Waals surface area contributed by atoms with E-state index in [0.717, 1.165) is 6.26 Å². The Hall–Kier alpha value is -1.15. The molecule has 1 heterocycles. The highest BCUT2D eigenvalue weighted by Crippen LogP contribution is 2.22. The molecule has 8 heteroatoms. The number of nitrogens with zero attached hydrogens (tertiary/aromatic N) is 2. The normalized spacial score (nSPS) is 26.1. The first-order valence-electron chi connectivity index (χ1n) is 5.60. The number of carbonyl (C=O) groups excluding carboxylic acids is 1. The summed E-state index contributed by atoms with van der Waals surface area (Å²) in [5.74, 6) is -1.25. The maximum atomic E-state index is 11.6. The van der Waals surface area contributed by atoms with Crippen LogP contribution in [0, 0.1) is 0 Å². The molecule has 0 saturated carbocycles. The lowest BCUT2D eigenvalue weighted by atomic mass is 10.0. The molecule has 1 rings (SSSR count). The number of carboxylic acid groups (broad SMARTS) is 1. The van der Waals surface area contributed by atoms with Crippen LogP contribution in [0.3, 0.4) is 0 Å². The van der Waals surface area contributed by atoms with Crippen LogP contribution in [0.5, 0.6) is 0 Å². The van der Waals surface area contributed by atoms with E-state index in [1.165, 1.54) is 16.1 Å². The lowest BCUT2D eigenvalue weighted by Crippen LogP contribution is -2.61. The van der Waals surface area contributed by atoms with E-state index in [4.69, 9.17) is 5.11 Å². The molecule has 0 aliphatic carbocycles. The van der Waals surface area contributed by atoms with Crippen LogP contribution < -0.4 is 0 Å². The third-order valence-corrected chi connectivity index (χ3v) is 4.50. The van der Waals surface area contributed by atoms with Gasteiger partial charge in [0.2, 0.25) is 15.9 Å². The van der Waals surface area contributed by atoms with Crippen LogP contribution in [0.4, 0.5) is 0 Å². The highest BCUT2D eigenvalue weighted by molar-refractivity contribution is 7.88. The number of carbonyl (C=O) groups is 2. The predicted octanol–water partition coefficient (Wildman–Crippen LogP) is -0.658. The standard InChI is InChI=1S/C10H18N2O5S/c1-7-9(6-10(14)15)12(18(3,16)17)5-4-11(7)8(2)13/h7,9H,4-6H2,1-3H3,(H,14,15)/t7-,9+/m1/s1. The van der Waals surface area contributed by atoms with Crippen molar-refractivity contribution in [3.05, 3.63) is 0 Å². The van der Waals surface area contributed by atoms with Gasteiger partial charge in [0.15, 0.2) is 0 Å². The van der Waals surface area contributed by atoms with E-state index < -0.39 is 28.1 Å². The smallest absolute Gasteiger partial charge is 0.305 e. The Morgan fingerprint density at radius 2 is 1.89 bits per heavy atom. The fourth-order valence-electron chi connectivity index (χ4n) is 2.33. The summed E-state index contributed by atoms with van der Waals surface area (Å²) in [6.07, 6.45) is 0.746. The number of piperazine rings is 1. The summed E-state index contributed by atoms with van der Waals surface area (Å²) in [5, 5.41) is 8.87. The molecule has 0 aromatic rings. The Kier molecular flexibility index (Phi) is 4.33. The molecular weight excluding hydrogens is 260 g/mol. The maximum Gasteiger partial charge on any atom is 0.305 e. The second-order valence-electron chi connectivity index (χ2n) is 4.49. The second kappa shape index (κ2) is 5.23. The van der Waals surface area contributed by atoms with Gasteiger partial charge in [0, 0.05) is 26.1 Å². The third kappa shape index (κ3) is 3.20. The number of hydrogen-bond donors (Lipinski definition) is 1. The largest absolute Gasteiger partial charge is 0.481 e. The Labute approximate surface area is 106 Å². The van der Waals surface area contributed by atoms with Crippen molar-refractivity contribution in [2.24, 2.45) is 0 Å². The molecule has 0 unspecified atom stereocenters. The van der Waals surface area contributed by atoms with Gasteiger partial charge in [0.25, 0.3) is 0 Å². The predicted molar refractivity (Wildman–Crippen MR) is 64.4 cm³/mol. The SMILES string of the molecule is CC(=O)N1CCN(S(C)(=O)=O)[C@@H](CC(=O)O)[C@H]1C. The van der Waals surface area contributed by atoms with Crippen LogP contribution >= 0.6 is 0 Å². The summed E-state index contributed by atoms with van der Waals surface area (Å²) in [6.45, 7) is 3.50. The Morgan fingerprint density at radius 1 is 1.33 bits per heavy atom. The number of aliphatic carboxylic acids is 1. The van der Waals surface area contributed by atoms with Crippen LogP contribution in [-0.2, 0) is 19.6 Å². The van der Waals surface area contributed by atoms with Crippen LogP contribution in [0.2, 0.25) is 0 Å². The molecule has 1 aliphatic rings. The molecular formula is C10H18N2O5S. The first kappa shape index (κ1) is 14.9. The summed E-state index contributed by atoms with van der Waals surface area (Å²) in [6, 6.07) is -1.16. The number of hydrogen-bond acceptors (Lipinski definition) is 4. The van der Waals surface area contributed by atoms with Crippen molar-refractivity contribution in [3.63, 3.8) is 0 Å². The van der Waals surface area contributed by atoms with E-state index in [1.807, 2.05) is 0 Å². The van der Waals surface area contributed by atoms with Crippen LogP contribution in [0.1, 0.15) is 20.3 Å². The van der Waals surface area contributed by atoms with Gasteiger partial charge < -0.3 is 10.0 Å². The van der Waals surface area contributed by atoms with Gasteiger partial charge in [-0.2, -0.15) is 4.31 Å². The van der Waals surface area contributed by atoms with Crippen molar-refractivity contribution in [2.75, 3.05) is 19.3 Å². The highest BCUT2D eigenvalue weighted by Gasteiger charge is 2.40. The first-order valence-corrected chi connectivity index (χ1v) is 7.45. The van der Waals surface area contributed by atoms with E-state index in [-0.39, 0.29) is 18.9 Å². The van der Waals surface area contributed by atoms with Gasteiger partial charge in [-0.05, 0) is 6.92 Å². The molecule has 0 bridgehead atoms. The minimum atomic E-state index is -3.47. The van der Waals surface area contributed by atoms with Gasteiger partial charge in [-0.15, -0.1) is 0 Å². The number of rotatable bonds is 3. The molecule has 1 saturated heterocycles. The molecule has 1 amide bonds. The summed E-state index contributed by atoms with van der Waals surface area (Å²) < 4.78 is 24.4. The molecule has 0 spiro atoms. The van der Waals surface area contributed by atoms with E-state index in [9.17, 15) is 18.0 Å². The van der Waals surface area contributed by atoms with Crippen molar-refractivity contribution < 1.29 is 23.1 Å². The number of carboxylic acids is 1. The summed E-state index contributed by atoms with van der Waals surface area (Å²) >= 11 is 0. The Bertz CT molecular complexity index is 447. The molecule has 7 nitrogen and oxygen atoms in total. The molecule has 0 radical (unpaired) electrons. The molecule has 2 atom stereocenters. The summed E-state index contributed by atoms with van der Waals surface area (Å²) in [4.78, 5) is 23.8. The average Bonchev–Trinajstić information content (AvgIpc) is 2.17. The van der Waals surface area contributed by atoms with Gasteiger partial charge >= 0.3 is 5.97 Å². The van der Waals surface area contributed by atoms with Crippen LogP contribution in [0.15, 0.2) is 0 Å². The lowest BCUT2D eigenvalue weighted by molar-refractivity contribution is -0.142.